The Hall–Kier alpha value is -1.69. The number of amides is 1. The van der Waals surface area contributed by atoms with Gasteiger partial charge in [0.2, 0.25) is 0 Å². The number of nitrogens with zero attached hydrogens (tertiary/aromatic N) is 2. The van der Waals surface area contributed by atoms with Gasteiger partial charge in [-0.1, -0.05) is 43.2 Å². The molecule has 2 fully saturated rings. The minimum atomic E-state index is -1.38. The number of hydrogen-bond donors (Lipinski definition) is 1. The van der Waals surface area contributed by atoms with Crippen LogP contribution in [-0.2, 0) is 16.8 Å². The molecule has 1 aromatic heterocycles. The first-order chi connectivity index (χ1) is 14.9. The second kappa shape index (κ2) is 9.43. The SMILES string of the molecule is C[N+](C)(CCc1ccsc1)C1CCN(C(=O)C(O)(c2ccccc2)C2CCCC2)CC1. The van der Waals surface area contributed by atoms with E-state index < -0.39 is 5.60 Å². The lowest BCUT2D eigenvalue weighted by Crippen LogP contribution is -2.58. The Balaban J connectivity index is 1.42. The number of aliphatic hydroxyl groups is 1. The predicted octanol–water partition coefficient (Wildman–Crippen LogP) is 4.44. The van der Waals surface area contributed by atoms with Crippen LogP contribution in [0.4, 0.5) is 0 Å². The largest absolute Gasteiger partial charge is 0.375 e. The summed E-state index contributed by atoms with van der Waals surface area (Å²) >= 11 is 1.77. The second-order valence-electron chi connectivity index (χ2n) is 10.0. The van der Waals surface area contributed by atoms with E-state index in [2.05, 4.69) is 30.9 Å². The molecule has 4 rings (SSSR count). The molecule has 4 nitrogen and oxygen atoms in total. The van der Waals surface area contributed by atoms with Gasteiger partial charge in [0, 0.05) is 38.3 Å². The molecule has 0 bridgehead atoms. The molecule has 1 aliphatic heterocycles. The molecule has 2 aromatic rings. The maximum atomic E-state index is 13.7. The number of thiophene rings is 1. The summed E-state index contributed by atoms with van der Waals surface area (Å²) in [7, 11) is 4.65. The van der Waals surface area contributed by atoms with Gasteiger partial charge in [-0.2, -0.15) is 11.3 Å². The maximum absolute atomic E-state index is 13.7. The van der Waals surface area contributed by atoms with E-state index in [-0.39, 0.29) is 11.8 Å². The van der Waals surface area contributed by atoms with Crippen LogP contribution >= 0.6 is 11.3 Å². The van der Waals surface area contributed by atoms with Crippen molar-refractivity contribution in [1.29, 1.82) is 0 Å². The molecular weight excluding hydrogens is 404 g/mol. The van der Waals surface area contributed by atoms with Crippen molar-refractivity contribution in [3.05, 3.63) is 58.3 Å². The number of piperidine rings is 1. The molecule has 0 spiro atoms. The summed E-state index contributed by atoms with van der Waals surface area (Å²) in [4.78, 5) is 15.7. The number of quaternary nitrogens is 1. The highest BCUT2D eigenvalue weighted by Crippen LogP contribution is 2.42. The molecule has 1 atom stereocenters. The van der Waals surface area contributed by atoms with Gasteiger partial charge in [-0.3, -0.25) is 4.79 Å². The average molecular weight is 442 g/mol. The van der Waals surface area contributed by atoms with Gasteiger partial charge in [0.05, 0.1) is 26.7 Å². The van der Waals surface area contributed by atoms with Crippen molar-refractivity contribution in [3.8, 4) is 0 Å². The highest BCUT2D eigenvalue weighted by atomic mass is 32.1. The molecule has 1 N–H and O–H groups in total. The van der Waals surface area contributed by atoms with E-state index in [0.717, 1.165) is 74.6 Å². The average Bonchev–Trinajstić information content (AvgIpc) is 3.52. The number of carbonyl (C=O) groups excluding carboxylic acids is 1. The molecule has 168 valence electrons. The van der Waals surface area contributed by atoms with Crippen molar-refractivity contribution in [2.45, 2.75) is 56.6 Å². The highest BCUT2D eigenvalue weighted by molar-refractivity contribution is 7.07. The fourth-order valence-corrected chi connectivity index (χ4v) is 6.32. The van der Waals surface area contributed by atoms with E-state index in [1.54, 1.807) is 11.3 Å². The lowest BCUT2D eigenvalue weighted by Gasteiger charge is -2.45. The third-order valence-electron chi connectivity index (χ3n) is 7.78. The van der Waals surface area contributed by atoms with Crippen molar-refractivity contribution >= 4 is 17.2 Å². The molecule has 1 saturated carbocycles. The highest BCUT2D eigenvalue weighted by Gasteiger charge is 2.49. The third kappa shape index (κ3) is 4.74. The van der Waals surface area contributed by atoms with Crippen LogP contribution in [0, 0.1) is 5.92 Å². The van der Waals surface area contributed by atoms with Crippen molar-refractivity contribution in [1.82, 2.24) is 4.90 Å². The number of likely N-dealkylation sites (tertiary alicyclic amines) is 1. The normalized spacial score (nSPS) is 20.7. The third-order valence-corrected chi connectivity index (χ3v) is 8.52. The topological polar surface area (TPSA) is 40.5 Å². The van der Waals surface area contributed by atoms with E-state index in [1.807, 2.05) is 35.2 Å². The van der Waals surface area contributed by atoms with E-state index >= 15 is 0 Å². The zero-order valence-electron chi connectivity index (χ0n) is 19.0. The number of likely N-dealkylation sites (N-methyl/N-ethyl adjacent to an activating group) is 1. The number of carbonyl (C=O) groups is 1. The minimum Gasteiger partial charge on any atom is -0.375 e. The number of hydrogen-bond acceptors (Lipinski definition) is 3. The van der Waals surface area contributed by atoms with Crippen LogP contribution in [0.25, 0.3) is 0 Å². The Kier molecular flexibility index (Phi) is 6.85. The van der Waals surface area contributed by atoms with Crippen LogP contribution in [0.1, 0.15) is 49.7 Å². The molecule has 1 saturated heterocycles. The maximum Gasteiger partial charge on any atom is 0.259 e. The van der Waals surface area contributed by atoms with E-state index in [4.69, 9.17) is 0 Å². The van der Waals surface area contributed by atoms with Crippen LogP contribution in [0.2, 0.25) is 0 Å². The van der Waals surface area contributed by atoms with Gasteiger partial charge in [0.25, 0.3) is 5.91 Å². The Morgan fingerprint density at radius 3 is 2.39 bits per heavy atom. The van der Waals surface area contributed by atoms with Gasteiger partial charge in [-0.15, -0.1) is 0 Å². The Bertz CT molecular complexity index is 838. The summed E-state index contributed by atoms with van der Waals surface area (Å²) in [6.45, 7) is 2.60. The lowest BCUT2D eigenvalue weighted by molar-refractivity contribution is -0.916. The van der Waals surface area contributed by atoms with Gasteiger partial charge in [-0.25, -0.2) is 0 Å². The number of benzene rings is 1. The smallest absolute Gasteiger partial charge is 0.259 e. The Morgan fingerprint density at radius 2 is 1.77 bits per heavy atom. The van der Waals surface area contributed by atoms with Crippen LogP contribution in [0.15, 0.2) is 47.2 Å². The standard InChI is InChI=1S/C26H37N2O2S/c1-28(2,18-14-21-15-19-31-20-21)24-12-16-27(17-13-24)25(29)26(30,23-10-6-7-11-23)22-8-4-3-5-9-22/h3-5,8-9,15,19-20,23-24,30H,6-7,10-14,16-18H2,1-2H3/q+1. The zero-order valence-corrected chi connectivity index (χ0v) is 19.8. The van der Waals surface area contributed by atoms with Crippen LogP contribution in [0.5, 0.6) is 0 Å². The molecule has 1 unspecified atom stereocenters. The molecule has 5 heteroatoms. The Labute approximate surface area is 191 Å². The van der Waals surface area contributed by atoms with Crippen molar-refractivity contribution in [2.24, 2.45) is 5.92 Å². The van der Waals surface area contributed by atoms with E-state index in [0.29, 0.717) is 6.04 Å². The van der Waals surface area contributed by atoms with E-state index in [1.165, 1.54) is 5.56 Å². The summed E-state index contributed by atoms with van der Waals surface area (Å²) in [5.74, 6) is -0.0504. The van der Waals surface area contributed by atoms with Gasteiger partial charge < -0.3 is 14.5 Å². The van der Waals surface area contributed by atoms with Crippen LogP contribution in [0.3, 0.4) is 0 Å². The van der Waals surface area contributed by atoms with Crippen molar-refractivity contribution < 1.29 is 14.4 Å². The predicted molar refractivity (Wildman–Crippen MR) is 127 cm³/mol. The van der Waals surface area contributed by atoms with Gasteiger partial charge in [0.15, 0.2) is 5.60 Å². The first kappa shape index (κ1) is 22.5. The monoisotopic (exact) mass is 441 g/mol. The zero-order chi connectivity index (χ0) is 21.9. The summed E-state index contributed by atoms with van der Waals surface area (Å²) in [6.07, 6.45) is 7.16. The summed E-state index contributed by atoms with van der Waals surface area (Å²) in [6, 6.07) is 12.4. The molecule has 2 heterocycles. The lowest BCUT2D eigenvalue weighted by atomic mass is 9.78. The molecule has 31 heavy (non-hydrogen) atoms. The van der Waals surface area contributed by atoms with Gasteiger partial charge in [0.1, 0.15) is 0 Å². The van der Waals surface area contributed by atoms with Crippen LogP contribution < -0.4 is 0 Å². The van der Waals surface area contributed by atoms with Crippen molar-refractivity contribution in [3.63, 3.8) is 0 Å². The van der Waals surface area contributed by atoms with E-state index in [9.17, 15) is 9.90 Å². The van der Waals surface area contributed by atoms with Crippen LogP contribution in [-0.4, -0.2) is 60.2 Å². The molecular formula is C26H37N2O2S+. The van der Waals surface area contributed by atoms with Crippen molar-refractivity contribution in [2.75, 3.05) is 33.7 Å². The second-order valence-corrected chi connectivity index (χ2v) is 10.8. The first-order valence-electron chi connectivity index (χ1n) is 11.8. The molecule has 1 amide bonds. The van der Waals surface area contributed by atoms with Gasteiger partial charge in [-0.05, 0) is 40.8 Å². The molecule has 1 aromatic carbocycles. The first-order valence-corrected chi connectivity index (χ1v) is 12.8. The number of rotatable bonds is 7. The summed E-state index contributed by atoms with van der Waals surface area (Å²) < 4.78 is 0.990. The fourth-order valence-electron chi connectivity index (χ4n) is 5.61. The fraction of sp³-hybridized carbons (Fsp3) is 0.577. The molecule has 2 aliphatic rings. The summed E-state index contributed by atoms with van der Waals surface area (Å²) in [5, 5.41) is 16.2. The minimum absolute atomic E-state index is 0.0259. The molecule has 1 aliphatic carbocycles. The summed E-state index contributed by atoms with van der Waals surface area (Å²) in [5.41, 5.74) is 0.808. The Morgan fingerprint density at radius 1 is 1.10 bits per heavy atom. The van der Waals surface area contributed by atoms with Gasteiger partial charge >= 0.3 is 0 Å². The molecule has 0 radical (unpaired) electrons. The quantitative estimate of drug-likeness (QED) is 0.646.